The molecule has 7 nitrogen and oxygen atoms in total. The second-order valence-corrected chi connectivity index (χ2v) is 10.2. The zero-order valence-electron chi connectivity index (χ0n) is 18.2. The number of aryl methyl sites for hydroxylation is 1. The quantitative estimate of drug-likeness (QED) is 0.600. The van der Waals surface area contributed by atoms with Gasteiger partial charge < -0.3 is 19.3 Å². The normalized spacial score (nSPS) is 19.6. The maximum absolute atomic E-state index is 13.3. The molecule has 0 spiro atoms. The van der Waals surface area contributed by atoms with Crippen molar-refractivity contribution in [3.05, 3.63) is 65.7 Å². The molecule has 2 atom stereocenters. The molecule has 0 aliphatic carbocycles. The molecule has 170 valence electrons. The molecule has 0 amide bonds. The molecule has 2 aromatic rings. The van der Waals surface area contributed by atoms with Crippen LogP contribution in [0.15, 0.2) is 59.5 Å². The van der Waals surface area contributed by atoms with Crippen LogP contribution >= 0.6 is 0 Å². The van der Waals surface area contributed by atoms with E-state index < -0.39 is 28.0 Å². The van der Waals surface area contributed by atoms with Gasteiger partial charge in [-0.2, -0.15) is 4.31 Å². The molecule has 1 fully saturated rings. The molecule has 1 aliphatic heterocycles. The van der Waals surface area contributed by atoms with E-state index in [4.69, 9.17) is 14.2 Å². The standard InChI is InChI=1S/C23H31NO6S/c1-18-9-11-22(12-10-18)31(26,27)24(14-21-17-29-23(2,3)30-21)13-20(25)16-28-15-19-7-5-4-6-8-19/h4-12,20-21,25H,13-17H2,1-3H3/t20-,21+/m1/s1. The summed E-state index contributed by atoms with van der Waals surface area (Å²) in [6.07, 6.45) is -1.41. The van der Waals surface area contributed by atoms with E-state index >= 15 is 0 Å². The van der Waals surface area contributed by atoms with Crippen molar-refractivity contribution in [3.63, 3.8) is 0 Å². The van der Waals surface area contributed by atoms with Gasteiger partial charge in [0, 0.05) is 13.1 Å². The monoisotopic (exact) mass is 449 g/mol. The van der Waals surface area contributed by atoms with Crippen molar-refractivity contribution in [1.29, 1.82) is 0 Å². The minimum Gasteiger partial charge on any atom is -0.389 e. The van der Waals surface area contributed by atoms with Gasteiger partial charge in [0.2, 0.25) is 10.0 Å². The van der Waals surface area contributed by atoms with Crippen LogP contribution in [-0.2, 0) is 30.8 Å². The van der Waals surface area contributed by atoms with Gasteiger partial charge in [0.25, 0.3) is 0 Å². The van der Waals surface area contributed by atoms with E-state index in [2.05, 4.69) is 0 Å². The van der Waals surface area contributed by atoms with Crippen molar-refractivity contribution in [3.8, 4) is 0 Å². The van der Waals surface area contributed by atoms with Crippen molar-refractivity contribution in [1.82, 2.24) is 4.31 Å². The highest BCUT2D eigenvalue weighted by Gasteiger charge is 2.37. The average Bonchev–Trinajstić information content (AvgIpc) is 3.07. The topological polar surface area (TPSA) is 85.3 Å². The van der Waals surface area contributed by atoms with Gasteiger partial charge in [0.1, 0.15) is 0 Å². The van der Waals surface area contributed by atoms with E-state index in [0.29, 0.717) is 6.61 Å². The predicted octanol–water partition coefficient (Wildman–Crippen LogP) is 2.71. The zero-order valence-corrected chi connectivity index (χ0v) is 19.0. The number of hydrogen-bond acceptors (Lipinski definition) is 6. The first-order chi connectivity index (χ1) is 14.7. The molecule has 31 heavy (non-hydrogen) atoms. The fraction of sp³-hybridized carbons (Fsp3) is 0.478. The number of nitrogens with zero attached hydrogens (tertiary/aromatic N) is 1. The van der Waals surface area contributed by atoms with Crippen LogP contribution in [0.1, 0.15) is 25.0 Å². The third kappa shape index (κ3) is 6.83. The van der Waals surface area contributed by atoms with Crippen LogP contribution in [0.5, 0.6) is 0 Å². The summed E-state index contributed by atoms with van der Waals surface area (Å²) in [4.78, 5) is 0.175. The van der Waals surface area contributed by atoms with Crippen LogP contribution in [-0.4, -0.2) is 62.1 Å². The Labute approximate surface area is 184 Å². The van der Waals surface area contributed by atoms with Crippen LogP contribution in [0.25, 0.3) is 0 Å². The van der Waals surface area contributed by atoms with E-state index in [9.17, 15) is 13.5 Å². The van der Waals surface area contributed by atoms with Crippen molar-refractivity contribution in [2.45, 2.75) is 50.3 Å². The molecule has 3 rings (SSSR count). The summed E-state index contributed by atoms with van der Waals surface area (Å²) in [5, 5.41) is 10.5. The van der Waals surface area contributed by atoms with E-state index in [1.54, 1.807) is 38.1 Å². The van der Waals surface area contributed by atoms with Crippen molar-refractivity contribution in [2.24, 2.45) is 0 Å². The summed E-state index contributed by atoms with van der Waals surface area (Å²) in [6.45, 7) is 6.09. The average molecular weight is 450 g/mol. The fourth-order valence-corrected chi connectivity index (χ4v) is 4.89. The van der Waals surface area contributed by atoms with Gasteiger partial charge in [-0.25, -0.2) is 8.42 Å². The summed E-state index contributed by atoms with van der Waals surface area (Å²) in [5.41, 5.74) is 1.95. The van der Waals surface area contributed by atoms with Crippen molar-refractivity contribution < 1.29 is 27.7 Å². The fourth-order valence-electron chi connectivity index (χ4n) is 3.39. The third-order valence-corrected chi connectivity index (χ3v) is 6.82. The minimum atomic E-state index is -3.83. The second-order valence-electron chi connectivity index (χ2n) is 8.24. The zero-order chi connectivity index (χ0) is 22.5. The maximum Gasteiger partial charge on any atom is 0.243 e. The highest BCUT2D eigenvalue weighted by atomic mass is 32.2. The summed E-state index contributed by atoms with van der Waals surface area (Å²) in [5.74, 6) is -0.763. The molecular formula is C23H31NO6S. The molecule has 1 N–H and O–H groups in total. The molecule has 8 heteroatoms. The first kappa shape index (κ1) is 23.8. The number of aliphatic hydroxyl groups is 1. The van der Waals surface area contributed by atoms with Crippen LogP contribution < -0.4 is 0 Å². The van der Waals surface area contributed by atoms with E-state index in [-0.39, 0.29) is 31.2 Å². The number of sulfonamides is 1. The lowest BCUT2D eigenvalue weighted by Crippen LogP contribution is -2.44. The molecule has 0 unspecified atom stereocenters. The molecule has 0 saturated carbocycles. The largest absolute Gasteiger partial charge is 0.389 e. The lowest BCUT2D eigenvalue weighted by Gasteiger charge is -2.27. The van der Waals surface area contributed by atoms with Gasteiger partial charge in [-0.3, -0.25) is 0 Å². The minimum absolute atomic E-state index is 0.0162. The number of benzene rings is 2. The summed E-state index contributed by atoms with van der Waals surface area (Å²) in [6, 6.07) is 16.3. The predicted molar refractivity (Wildman–Crippen MR) is 117 cm³/mol. The SMILES string of the molecule is Cc1ccc(S(=O)(=O)N(C[C@@H](O)COCc2ccccc2)C[C@H]2COC(C)(C)O2)cc1. The third-order valence-electron chi connectivity index (χ3n) is 4.97. The van der Waals surface area contributed by atoms with Crippen LogP contribution in [0.4, 0.5) is 0 Å². The Hall–Kier alpha value is -1.81. The lowest BCUT2D eigenvalue weighted by atomic mass is 10.2. The van der Waals surface area contributed by atoms with Gasteiger partial charge in [-0.05, 0) is 38.5 Å². The van der Waals surface area contributed by atoms with Gasteiger partial charge >= 0.3 is 0 Å². The Balaban J connectivity index is 1.68. The summed E-state index contributed by atoms with van der Waals surface area (Å²) < 4.78 is 44.8. The van der Waals surface area contributed by atoms with E-state index in [1.807, 2.05) is 37.3 Å². The molecule has 1 aliphatic rings. The summed E-state index contributed by atoms with van der Waals surface area (Å²) in [7, 11) is -3.83. The van der Waals surface area contributed by atoms with Gasteiger partial charge in [-0.15, -0.1) is 0 Å². The Bertz CT molecular complexity index is 930. The van der Waals surface area contributed by atoms with E-state index in [0.717, 1.165) is 11.1 Å². The molecule has 0 radical (unpaired) electrons. The van der Waals surface area contributed by atoms with Gasteiger partial charge in [-0.1, -0.05) is 48.0 Å². The van der Waals surface area contributed by atoms with Crippen LogP contribution in [0.2, 0.25) is 0 Å². The Morgan fingerprint density at radius 1 is 1.16 bits per heavy atom. The Morgan fingerprint density at radius 2 is 1.84 bits per heavy atom. The van der Waals surface area contributed by atoms with Crippen LogP contribution in [0, 0.1) is 6.92 Å². The van der Waals surface area contributed by atoms with Crippen molar-refractivity contribution >= 4 is 10.0 Å². The number of aliphatic hydroxyl groups excluding tert-OH is 1. The van der Waals surface area contributed by atoms with Crippen molar-refractivity contribution in [2.75, 3.05) is 26.3 Å². The van der Waals surface area contributed by atoms with Gasteiger partial charge in [0.05, 0.1) is 36.9 Å². The summed E-state index contributed by atoms with van der Waals surface area (Å²) >= 11 is 0. The molecule has 1 heterocycles. The molecule has 1 saturated heterocycles. The number of rotatable bonds is 10. The van der Waals surface area contributed by atoms with Gasteiger partial charge in [0.15, 0.2) is 5.79 Å². The second kappa shape index (κ2) is 10.2. The Morgan fingerprint density at radius 3 is 2.45 bits per heavy atom. The highest BCUT2D eigenvalue weighted by Crippen LogP contribution is 2.25. The number of hydrogen-bond donors (Lipinski definition) is 1. The Kier molecular flexibility index (Phi) is 7.85. The van der Waals surface area contributed by atoms with Crippen LogP contribution in [0.3, 0.4) is 0 Å². The first-order valence-corrected chi connectivity index (χ1v) is 11.8. The first-order valence-electron chi connectivity index (χ1n) is 10.3. The highest BCUT2D eigenvalue weighted by molar-refractivity contribution is 7.89. The number of ether oxygens (including phenoxy) is 3. The maximum atomic E-state index is 13.3. The van der Waals surface area contributed by atoms with E-state index in [1.165, 1.54) is 4.31 Å². The lowest BCUT2D eigenvalue weighted by molar-refractivity contribution is -0.139. The molecule has 0 bridgehead atoms. The molecule has 2 aromatic carbocycles. The molecule has 0 aromatic heterocycles. The molecular weight excluding hydrogens is 418 g/mol. The smallest absolute Gasteiger partial charge is 0.243 e.